The Morgan fingerprint density at radius 2 is 2.00 bits per heavy atom. The fraction of sp³-hybridized carbons (Fsp3) is 0.364. The van der Waals surface area contributed by atoms with E-state index in [1.807, 2.05) is 0 Å². The zero-order valence-corrected chi connectivity index (χ0v) is 10.9. The molecule has 1 heterocycles. The number of aliphatic hydroxyl groups is 1. The average molecular weight is 307 g/mol. The third kappa shape index (κ3) is 2.39. The smallest absolute Gasteiger partial charge is 0.341 e. The van der Waals surface area contributed by atoms with Crippen molar-refractivity contribution in [3.05, 3.63) is 29.3 Å². The van der Waals surface area contributed by atoms with Gasteiger partial charge in [0.25, 0.3) is 0 Å². The maximum atomic E-state index is 13.9. The lowest BCUT2D eigenvalue weighted by Gasteiger charge is -2.16. The first-order chi connectivity index (χ1) is 9.25. The number of hydrogen-bond acceptors (Lipinski definition) is 4. The van der Waals surface area contributed by atoms with Gasteiger partial charge in [0.05, 0.1) is 6.10 Å². The van der Waals surface area contributed by atoms with Crippen LogP contribution in [0, 0.1) is 11.6 Å². The van der Waals surface area contributed by atoms with Gasteiger partial charge in [0.1, 0.15) is 16.3 Å². The molecule has 1 aromatic rings. The first-order valence-corrected chi connectivity index (χ1v) is 7.08. The van der Waals surface area contributed by atoms with Crippen molar-refractivity contribution >= 4 is 16.0 Å². The number of hydrogen-bond donors (Lipinski definition) is 2. The van der Waals surface area contributed by atoms with Crippen LogP contribution in [0.15, 0.2) is 17.0 Å². The van der Waals surface area contributed by atoms with Crippen molar-refractivity contribution in [1.29, 1.82) is 0 Å². The second-order valence-corrected chi connectivity index (χ2v) is 6.25. The Morgan fingerprint density at radius 3 is 2.50 bits per heavy atom. The zero-order valence-electron chi connectivity index (χ0n) is 10.1. The van der Waals surface area contributed by atoms with Gasteiger partial charge in [0.2, 0.25) is 10.0 Å². The number of rotatable bonds is 3. The highest BCUT2D eigenvalue weighted by Gasteiger charge is 2.35. The van der Waals surface area contributed by atoms with Crippen LogP contribution >= 0.6 is 0 Å². The van der Waals surface area contributed by atoms with Crippen molar-refractivity contribution in [2.75, 3.05) is 13.1 Å². The number of nitrogens with zero attached hydrogens (tertiary/aromatic N) is 1. The summed E-state index contributed by atoms with van der Waals surface area (Å²) < 4.78 is 52.3. The number of carbonyl (C=O) groups is 1. The number of carboxylic acids is 1. The summed E-state index contributed by atoms with van der Waals surface area (Å²) >= 11 is 0. The van der Waals surface area contributed by atoms with Crippen LogP contribution in [0.4, 0.5) is 8.78 Å². The molecule has 1 aromatic carbocycles. The Balaban J connectivity index is 2.53. The molecule has 20 heavy (non-hydrogen) atoms. The van der Waals surface area contributed by atoms with Gasteiger partial charge in [-0.25, -0.2) is 22.0 Å². The summed E-state index contributed by atoms with van der Waals surface area (Å²) in [6.45, 7) is -0.218. The molecule has 0 saturated carbocycles. The van der Waals surface area contributed by atoms with Gasteiger partial charge < -0.3 is 10.2 Å². The highest BCUT2D eigenvalue weighted by Crippen LogP contribution is 2.26. The summed E-state index contributed by atoms with van der Waals surface area (Å²) in [7, 11) is -4.31. The van der Waals surface area contributed by atoms with Crippen LogP contribution < -0.4 is 0 Å². The van der Waals surface area contributed by atoms with E-state index in [9.17, 15) is 27.1 Å². The van der Waals surface area contributed by atoms with Crippen LogP contribution in [-0.4, -0.2) is 48.1 Å². The lowest BCUT2D eigenvalue weighted by molar-refractivity contribution is 0.0685. The normalized spacial score (nSPS) is 20.2. The first-order valence-electron chi connectivity index (χ1n) is 5.64. The minimum absolute atomic E-state index is 0.0112. The molecular weight excluding hydrogens is 296 g/mol. The van der Waals surface area contributed by atoms with E-state index in [0.29, 0.717) is 12.1 Å². The van der Waals surface area contributed by atoms with Gasteiger partial charge in [0.15, 0.2) is 5.82 Å². The molecule has 2 N–H and O–H groups in total. The van der Waals surface area contributed by atoms with Gasteiger partial charge in [-0.1, -0.05) is 0 Å². The van der Waals surface area contributed by atoms with Crippen LogP contribution in [0.1, 0.15) is 16.8 Å². The Hall–Kier alpha value is -1.58. The highest BCUT2D eigenvalue weighted by molar-refractivity contribution is 7.89. The van der Waals surface area contributed by atoms with Crippen molar-refractivity contribution in [2.24, 2.45) is 0 Å². The van der Waals surface area contributed by atoms with Gasteiger partial charge >= 0.3 is 5.97 Å². The van der Waals surface area contributed by atoms with Gasteiger partial charge in [-0.05, 0) is 18.6 Å². The van der Waals surface area contributed by atoms with Crippen molar-refractivity contribution in [1.82, 2.24) is 4.31 Å². The van der Waals surface area contributed by atoms with Gasteiger partial charge in [0, 0.05) is 13.1 Å². The molecule has 0 aromatic heterocycles. The van der Waals surface area contributed by atoms with Crippen molar-refractivity contribution in [3.8, 4) is 0 Å². The van der Waals surface area contributed by atoms with E-state index in [1.165, 1.54) is 0 Å². The molecule has 6 nitrogen and oxygen atoms in total. The second kappa shape index (κ2) is 5.08. The standard InChI is InChI=1S/C11H11F2NO5S/c12-7-1-2-8(10(13)9(7)11(16)17)20(18,19)14-4-3-6(15)5-14/h1-2,6,15H,3-5H2,(H,16,17). The Morgan fingerprint density at radius 1 is 1.35 bits per heavy atom. The molecule has 1 fully saturated rings. The topological polar surface area (TPSA) is 94.9 Å². The van der Waals surface area contributed by atoms with E-state index < -0.39 is 44.2 Å². The number of aliphatic hydroxyl groups excluding tert-OH is 1. The minimum atomic E-state index is -4.31. The molecule has 0 amide bonds. The average Bonchev–Trinajstić information content (AvgIpc) is 2.75. The summed E-state index contributed by atoms with van der Waals surface area (Å²) in [5.74, 6) is -4.88. The van der Waals surface area contributed by atoms with Gasteiger partial charge in [-0.3, -0.25) is 0 Å². The van der Waals surface area contributed by atoms with Crippen LogP contribution in [0.5, 0.6) is 0 Å². The highest BCUT2D eigenvalue weighted by atomic mass is 32.2. The van der Waals surface area contributed by atoms with Crippen LogP contribution in [-0.2, 0) is 10.0 Å². The largest absolute Gasteiger partial charge is 0.477 e. The zero-order chi connectivity index (χ0) is 15.1. The van der Waals surface area contributed by atoms with Crippen molar-refractivity contribution in [2.45, 2.75) is 17.4 Å². The predicted molar refractivity (Wildman–Crippen MR) is 62.7 cm³/mol. The third-order valence-electron chi connectivity index (χ3n) is 3.01. The fourth-order valence-corrected chi connectivity index (χ4v) is 3.56. The Kier molecular flexibility index (Phi) is 3.76. The van der Waals surface area contributed by atoms with E-state index in [1.54, 1.807) is 0 Å². The predicted octanol–water partition coefficient (Wildman–Crippen LogP) is 0.418. The molecular formula is C11H11F2NO5S. The molecule has 0 radical (unpaired) electrons. The quantitative estimate of drug-likeness (QED) is 0.844. The molecule has 1 unspecified atom stereocenters. The molecule has 1 saturated heterocycles. The SMILES string of the molecule is O=C(O)c1c(F)ccc(S(=O)(=O)N2CCC(O)C2)c1F. The molecule has 0 bridgehead atoms. The van der Waals surface area contributed by atoms with Crippen molar-refractivity contribution in [3.63, 3.8) is 0 Å². The van der Waals surface area contributed by atoms with Crippen LogP contribution in [0.25, 0.3) is 0 Å². The van der Waals surface area contributed by atoms with E-state index in [4.69, 9.17) is 5.11 Å². The summed E-state index contributed by atoms with van der Waals surface area (Å²) in [6.07, 6.45) is -0.652. The maximum Gasteiger partial charge on any atom is 0.341 e. The molecule has 1 aliphatic heterocycles. The lowest BCUT2D eigenvalue weighted by atomic mass is 10.2. The third-order valence-corrected chi connectivity index (χ3v) is 4.90. The van der Waals surface area contributed by atoms with Crippen LogP contribution in [0.2, 0.25) is 0 Å². The van der Waals surface area contributed by atoms with E-state index >= 15 is 0 Å². The van der Waals surface area contributed by atoms with Crippen LogP contribution in [0.3, 0.4) is 0 Å². The number of β-amino-alcohol motifs (C(OH)–C–C–N with tert-alkyl or cyclic N) is 1. The molecule has 0 spiro atoms. The van der Waals surface area contributed by atoms with E-state index in [2.05, 4.69) is 0 Å². The molecule has 2 rings (SSSR count). The summed E-state index contributed by atoms with van der Waals surface area (Å²) in [5, 5.41) is 18.0. The number of aromatic carboxylic acids is 1. The lowest BCUT2D eigenvalue weighted by Crippen LogP contribution is -2.30. The second-order valence-electron chi connectivity index (χ2n) is 4.35. The number of benzene rings is 1. The van der Waals surface area contributed by atoms with Gasteiger partial charge in [-0.15, -0.1) is 0 Å². The summed E-state index contributed by atoms with van der Waals surface area (Å²) in [6, 6.07) is 1.27. The Bertz CT molecular complexity index is 661. The molecule has 1 atom stereocenters. The molecule has 110 valence electrons. The number of sulfonamides is 1. The fourth-order valence-electron chi connectivity index (χ4n) is 2.00. The van der Waals surface area contributed by atoms with Crippen molar-refractivity contribution < 1.29 is 32.2 Å². The summed E-state index contributed by atoms with van der Waals surface area (Å²) in [4.78, 5) is 9.86. The number of carboxylic acid groups (broad SMARTS) is 1. The molecule has 1 aliphatic rings. The minimum Gasteiger partial charge on any atom is -0.477 e. The van der Waals surface area contributed by atoms with E-state index in [-0.39, 0.29) is 19.5 Å². The summed E-state index contributed by atoms with van der Waals surface area (Å²) in [5.41, 5.74) is -1.31. The molecule has 0 aliphatic carbocycles. The Labute approximate surface area is 113 Å². The monoisotopic (exact) mass is 307 g/mol. The molecule has 9 heteroatoms. The van der Waals surface area contributed by atoms with E-state index in [0.717, 1.165) is 4.31 Å². The maximum absolute atomic E-state index is 13.9. The number of halogens is 2. The van der Waals surface area contributed by atoms with Gasteiger partial charge in [-0.2, -0.15) is 4.31 Å². The first kappa shape index (κ1) is 14.8.